The van der Waals surface area contributed by atoms with Gasteiger partial charge in [-0.15, -0.1) is 24.0 Å². The zero-order valence-electron chi connectivity index (χ0n) is 12.8. The molecule has 0 fully saturated rings. The van der Waals surface area contributed by atoms with Gasteiger partial charge in [-0.1, -0.05) is 18.2 Å². The maximum atomic E-state index is 12.4. The van der Waals surface area contributed by atoms with Crippen LogP contribution in [-0.4, -0.2) is 39.3 Å². The third-order valence-electron chi connectivity index (χ3n) is 3.25. The van der Waals surface area contributed by atoms with Gasteiger partial charge in [0.15, 0.2) is 5.96 Å². The highest BCUT2D eigenvalue weighted by atomic mass is 127. The Labute approximate surface area is 149 Å². The Bertz CT molecular complexity index is 631. The first kappa shape index (κ1) is 19.0. The number of hydrogen-bond acceptors (Lipinski definition) is 3. The second kappa shape index (κ2) is 8.00. The summed E-state index contributed by atoms with van der Waals surface area (Å²) in [5.74, 6) is 0.240. The van der Waals surface area contributed by atoms with Crippen LogP contribution in [0.5, 0.6) is 0 Å². The summed E-state index contributed by atoms with van der Waals surface area (Å²) < 4.78 is 26.3. The summed E-state index contributed by atoms with van der Waals surface area (Å²) in [5, 5.41) is 2.93. The van der Waals surface area contributed by atoms with Gasteiger partial charge in [-0.2, -0.15) is 0 Å². The highest BCUT2D eigenvalue weighted by Crippen LogP contribution is 2.29. The largest absolute Gasteiger partial charge is 0.370 e. The van der Waals surface area contributed by atoms with Crippen molar-refractivity contribution in [3.63, 3.8) is 0 Å². The molecule has 0 spiro atoms. The van der Waals surface area contributed by atoms with Crippen molar-refractivity contribution in [1.82, 2.24) is 5.32 Å². The van der Waals surface area contributed by atoms with E-state index in [9.17, 15) is 8.42 Å². The van der Waals surface area contributed by atoms with E-state index in [0.29, 0.717) is 6.54 Å². The molecule has 0 atom stereocenters. The van der Waals surface area contributed by atoms with E-state index >= 15 is 0 Å². The Balaban J connectivity index is 0.00000242. The molecular formula is C14H23IN4O2S. The number of anilines is 1. The van der Waals surface area contributed by atoms with E-state index in [1.54, 1.807) is 0 Å². The lowest BCUT2D eigenvalue weighted by atomic mass is 10.2. The molecule has 6 nitrogen and oxygen atoms in total. The molecule has 1 heterocycles. The number of para-hydroxylation sites is 1. The molecule has 0 aromatic heterocycles. The monoisotopic (exact) mass is 438 g/mol. The van der Waals surface area contributed by atoms with E-state index in [1.807, 2.05) is 38.1 Å². The van der Waals surface area contributed by atoms with Crippen LogP contribution in [-0.2, 0) is 16.4 Å². The number of halogens is 1. The number of aliphatic imine (C=N–C) groups is 1. The first-order chi connectivity index (χ1) is 9.90. The summed E-state index contributed by atoms with van der Waals surface area (Å²) in [5.41, 5.74) is 7.53. The molecule has 0 saturated carbocycles. The standard InChI is InChI=1S/C14H22N4O2S.HI/c1-11(2)17-14(15)16-8-10-21(19,20)18-9-7-12-5-3-4-6-13(12)18;/h3-6,11H,7-10H2,1-2H3,(H3,15,16,17);1H. The van der Waals surface area contributed by atoms with E-state index in [0.717, 1.165) is 17.7 Å². The zero-order chi connectivity index (χ0) is 15.5. The molecule has 1 aliphatic rings. The molecule has 8 heteroatoms. The van der Waals surface area contributed by atoms with Gasteiger partial charge < -0.3 is 11.1 Å². The van der Waals surface area contributed by atoms with Gasteiger partial charge in [0, 0.05) is 12.6 Å². The van der Waals surface area contributed by atoms with Gasteiger partial charge in [0.05, 0.1) is 18.0 Å². The van der Waals surface area contributed by atoms with Crippen LogP contribution < -0.4 is 15.4 Å². The number of hydrogen-bond donors (Lipinski definition) is 2. The molecule has 0 bridgehead atoms. The van der Waals surface area contributed by atoms with Gasteiger partial charge in [0.1, 0.15) is 0 Å². The lowest BCUT2D eigenvalue weighted by Crippen LogP contribution is -2.37. The number of nitrogens with two attached hydrogens (primary N) is 1. The van der Waals surface area contributed by atoms with Crippen molar-refractivity contribution in [2.45, 2.75) is 26.3 Å². The predicted octanol–water partition coefficient (Wildman–Crippen LogP) is 1.31. The predicted molar refractivity (Wildman–Crippen MR) is 101 cm³/mol. The minimum absolute atomic E-state index is 0. The fraction of sp³-hybridized carbons (Fsp3) is 0.500. The van der Waals surface area contributed by atoms with Gasteiger partial charge in [-0.3, -0.25) is 9.30 Å². The molecule has 3 N–H and O–H groups in total. The van der Waals surface area contributed by atoms with E-state index in [1.165, 1.54) is 4.31 Å². The highest BCUT2D eigenvalue weighted by Gasteiger charge is 2.28. The van der Waals surface area contributed by atoms with Crippen LogP contribution in [0.15, 0.2) is 29.3 Å². The molecular weight excluding hydrogens is 415 g/mol. The number of sulfonamides is 1. The van der Waals surface area contributed by atoms with Crippen molar-refractivity contribution in [1.29, 1.82) is 0 Å². The highest BCUT2D eigenvalue weighted by molar-refractivity contribution is 14.0. The van der Waals surface area contributed by atoms with Gasteiger partial charge in [0.2, 0.25) is 10.0 Å². The van der Waals surface area contributed by atoms with Gasteiger partial charge in [-0.05, 0) is 31.9 Å². The number of nitrogens with one attached hydrogen (secondary N) is 1. The molecule has 1 aliphatic heterocycles. The lowest BCUT2D eigenvalue weighted by molar-refractivity contribution is 0.592. The molecule has 0 amide bonds. The Morgan fingerprint density at radius 1 is 1.41 bits per heavy atom. The number of rotatable bonds is 5. The summed E-state index contributed by atoms with van der Waals surface area (Å²) in [6, 6.07) is 7.77. The summed E-state index contributed by atoms with van der Waals surface area (Å²) in [7, 11) is -3.35. The van der Waals surface area contributed by atoms with Gasteiger partial charge >= 0.3 is 0 Å². The smallest absolute Gasteiger partial charge is 0.237 e. The molecule has 1 aromatic rings. The van der Waals surface area contributed by atoms with Crippen molar-refractivity contribution in [3.8, 4) is 0 Å². The summed E-state index contributed by atoms with van der Waals surface area (Å²) >= 11 is 0. The quantitative estimate of drug-likeness (QED) is 0.412. The number of guanidine groups is 1. The minimum Gasteiger partial charge on any atom is -0.370 e. The van der Waals surface area contributed by atoms with E-state index in [4.69, 9.17) is 5.73 Å². The number of nitrogens with zero attached hydrogens (tertiary/aromatic N) is 2. The van der Waals surface area contributed by atoms with Crippen molar-refractivity contribution >= 4 is 45.6 Å². The van der Waals surface area contributed by atoms with E-state index in [2.05, 4.69) is 10.3 Å². The SMILES string of the molecule is CC(C)NC(N)=NCCS(=O)(=O)N1CCc2ccccc21.I. The summed E-state index contributed by atoms with van der Waals surface area (Å²) in [4.78, 5) is 4.05. The number of fused-ring (bicyclic) bond motifs is 1. The Kier molecular flexibility index (Phi) is 6.92. The van der Waals surface area contributed by atoms with Crippen LogP contribution >= 0.6 is 24.0 Å². The molecule has 2 rings (SSSR count). The molecule has 0 aliphatic carbocycles. The molecule has 0 saturated heterocycles. The topological polar surface area (TPSA) is 87.8 Å². The molecule has 0 radical (unpaired) electrons. The molecule has 124 valence electrons. The summed E-state index contributed by atoms with van der Waals surface area (Å²) in [6.45, 7) is 4.55. The van der Waals surface area contributed by atoms with Crippen LogP contribution in [0, 0.1) is 0 Å². The van der Waals surface area contributed by atoms with Gasteiger partial charge in [-0.25, -0.2) is 8.42 Å². The first-order valence-electron chi connectivity index (χ1n) is 7.05. The maximum absolute atomic E-state index is 12.4. The van der Waals surface area contributed by atoms with Crippen molar-refractivity contribution < 1.29 is 8.42 Å². The molecule has 22 heavy (non-hydrogen) atoms. The number of benzene rings is 1. The third kappa shape index (κ3) is 4.73. The lowest BCUT2D eigenvalue weighted by Gasteiger charge is -2.19. The minimum atomic E-state index is -3.35. The van der Waals surface area contributed by atoms with E-state index < -0.39 is 10.0 Å². The van der Waals surface area contributed by atoms with Crippen LogP contribution in [0.2, 0.25) is 0 Å². The first-order valence-corrected chi connectivity index (χ1v) is 8.66. The second-order valence-electron chi connectivity index (χ2n) is 5.33. The van der Waals surface area contributed by atoms with E-state index in [-0.39, 0.29) is 48.3 Å². The molecule has 1 aromatic carbocycles. The van der Waals surface area contributed by atoms with Crippen molar-refractivity contribution in [2.24, 2.45) is 10.7 Å². The van der Waals surface area contributed by atoms with Crippen molar-refractivity contribution in [2.75, 3.05) is 23.1 Å². The third-order valence-corrected chi connectivity index (χ3v) is 5.00. The van der Waals surface area contributed by atoms with Crippen LogP contribution in [0.4, 0.5) is 5.69 Å². The fourth-order valence-electron chi connectivity index (χ4n) is 2.33. The zero-order valence-corrected chi connectivity index (χ0v) is 16.0. The Morgan fingerprint density at radius 2 is 2.09 bits per heavy atom. The van der Waals surface area contributed by atoms with Crippen molar-refractivity contribution in [3.05, 3.63) is 29.8 Å². The van der Waals surface area contributed by atoms with Crippen LogP contribution in [0.25, 0.3) is 0 Å². The average Bonchev–Trinajstić information content (AvgIpc) is 2.82. The second-order valence-corrected chi connectivity index (χ2v) is 7.35. The normalized spacial score (nSPS) is 14.7. The molecule has 0 unspecified atom stereocenters. The average molecular weight is 438 g/mol. The van der Waals surface area contributed by atoms with Gasteiger partial charge in [0.25, 0.3) is 0 Å². The van der Waals surface area contributed by atoms with Crippen LogP contribution in [0.3, 0.4) is 0 Å². The maximum Gasteiger partial charge on any atom is 0.237 e. The Hall–Kier alpha value is -1.03. The fourth-order valence-corrected chi connectivity index (χ4v) is 3.72. The summed E-state index contributed by atoms with van der Waals surface area (Å²) in [6.07, 6.45) is 0.760. The van der Waals surface area contributed by atoms with Crippen LogP contribution in [0.1, 0.15) is 19.4 Å². The Morgan fingerprint density at radius 3 is 2.77 bits per heavy atom.